The second-order valence-electron chi connectivity index (χ2n) is 5.58. The molecule has 1 N–H and O–H groups in total. The van der Waals surface area contributed by atoms with Gasteiger partial charge in [0.1, 0.15) is 5.75 Å². The Bertz CT molecular complexity index is 934. The zero-order valence-electron chi connectivity index (χ0n) is 13.1. The molecule has 0 heterocycles. The fraction of sp³-hybridized carbons (Fsp3) is 0.158. The normalized spacial score (nSPS) is 11.5. The van der Waals surface area contributed by atoms with Gasteiger partial charge in [0.15, 0.2) is 0 Å². The highest BCUT2D eigenvalue weighted by Gasteiger charge is 2.10. The van der Waals surface area contributed by atoms with Gasteiger partial charge < -0.3 is 4.74 Å². The van der Waals surface area contributed by atoms with Crippen molar-refractivity contribution in [2.45, 2.75) is 17.7 Å². The van der Waals surface area contributed by atoms with Gasteiger partial charge in [0.05, 0.1) is 11.5 Å². The maximum absolute atomic E-state index is 11.2. The van der Waals surface area contributed by atoms with E-state index in [9.17, 15) is 8.42 Å². The lowest BCUT2D eigenvalue weighted by Gasteiger charge is -2.08. The van der Waals surface area contributed by atoms with Crippen LogP contribution in [0.1, 0.15) is 12.0 Å². The number of rotatable bonds is 6. The van der Waals surface area contributed by atoms with Crippen LogP contribution >= 0.6 is 0 Å². The molecule has 5 heteroatoms. The van der Waals surface area contributed by atoms with Gasteiger partial charge in [-0.15, -0.1) is 0 Å². The summed E-state index contributed by atoms with van der Waals surface area (Å²) in [6, 6.07) is 20.2. The Morgan fingerprint density at radius 3 is 2.33 bits per heavy atom. The van der Waals surface area contributed by atoms with Crippen molar-refractivity contribution >= 4 is 20.9 Å². The van der Waals surface area contributed by atoms with Gasteiger partial charge in [-0.05, 0) is 53.4 Å². The quantitative estimate of drug-likeness (QED) is 0.541. The lowest BCUT2D eigenvalue weighted by atomic mass is 10.1. The molecule has 3 rings (SSSR count). The zero-order chi connectivity index (χ0) is 17.0. The largest absolute Gasteiger partial charge is 0.494 e. The van der Waals surface area contributed by atoms with Crippen molar-refractivity contribution in [2.24, 2.45) is 0 Å². The smallest absolute Gasteiger partial charge is 0.294 e. The number of aryl methyl sites for hydroxylation is 1. The van der Waals surface area contributed by atoms with Crippen LogP contribution in [0.15, 0.2) is 71.6 Å². The molecule has 0 amide bonds. The zero-order valence-corrected chi connectivity index (χ0v) is 13.9. The van der Waals surface area contributed by atoms with Crippen molar-refractivity contribution < 1.29 is 17.7 Å². The molecule has 0 saturated heterocycles. The predicted octanol–water partition coefficient (Wildman–Crippen LogP) is 4.10. The van der Waals surface area contributed by atoms with Crippen molar-refractivity contribution in [3.05, 3.63) is 72.3 Å². The van der Waals surface area contributed by atoms with Crippen LogP contribution in [-0.2, 0) is 16.5 Å². The predicted molar refractivity (Wildman–Crippen MR) is 94.0 cm³/mol. The van der Waals surface area contributed by atoms with Crippen molar-refractivity contribution in [3.63, 3.8) is 0 Å². The van der Waals surface area contributed by atoms with E-state index >= 15 is 0 Å². The molecule has 0 unspecified atom stereocenters. The number of benzene rings is 3. The fourth-order valence-corrected chi connectivity index (χ4v) is 3.08. The van der Waals surface area contributed by atoms with Crippen LogP contribution < -0.4 is 4.74 Å². The molecular formula is C19H18O4S. The monoisotopic (exact) mass is 342 g/mol. The summed E-state index contributed by atoms with van der Waals surface area (Å²) in [5.74, 6) is 0.746. The maximum Gasteiger partial charge on any atom is 0.294 e. The first-order valence-corrected chi connectivity index (χ1v) is 9.14. The number of hydrogen-bond acceptors (Lipinski definition) is 3. The van der Waals surface area contributed by atoms with Crippen LogP contribution in [0.25, 0.3) is 10.8 Å². The van der Waals surface area contributed by atoms with E-state index in [2.05, 4.69) is 12.1 Å². The highest BCUT2D eigenvalue weighted by molar-refractivity contribution is 7.85. The van der Waals surface area contributed by atoms with Crippen molar-refractivity contribution in [1.82, 2.24) is 0 Å². The molecule has 0 spiro atoms. The number of ether oxygens (including phenoxy) is 1. The van der Waals surface area contributed by atoms with Gasteiger partial charge >= 0.3 is 0 Å². The summed E-state index contributed by atoms with van der Waals surface area (Å²) in [6.45, 7) is 0.615. The Hall–Kier alpha value is -2.37. The van der Waals surface area contributed by atoms with E-state index in [1.807, 2.05) is 24.3 Å². The van der Waals surface area contributed by atoms with Crippen molar-refractivity contribution in [2.75, 3.05) is 6.61 Å². The average Bonchev–Trinajstić information content (AvgIpc) is 2.58. The molecule has 3 aromatic carbocycles. The first-order valence-electron chi connectivity index (χ1n) is 7.70. The molecule has 0 aromatic heterocycles. The molecule has 0 aliphatic heterocycles. The Kier molecular flexibility index (Phi) is 4.83. The van der Waals surface area contributed by atoms with Gasteiger partial charge in [0.2, 0.25) is 0 Å². The fourth-order valence-electron chi connectivity index (χ4n) is 2.56. The summed E-state index contributed by atoms with van der Waals surface area (Å²) < 4.78 is 37.2. The Morgan fingerprint density at radius 1 is 0.875 bits per heavy atom. The molecule has 0 aliphatic carbocycles. The standard InChI is InChI=1S/C19H18O4S/c20-24(21,22)19-11-9-16-13-18(10-8-17(16)14-19)23-12-4-7-15-5-2-1-3-6-15/h1-3,5-6,8-11,13-14H,4,7,12H2,(H,20,21,22). The molecule has 0 saturated carbocycles. The van der Waals surface area contributed by atoms with E-state index < -0.39 is 10.1 Å². The molecule has 0 radical (unpaired) electrons. The van der Waals surface area contributed by atoms with E-state index in [1.54, 1.807) is 18.2 Å². The second kappa shape index (κ2) is 7.03. The topological polar surface area (TPSA) is 63.6 Å². The van der Waals surface area contributed by atoms with Gasteiger partial charge in [-0.1, -0.05) is 42.5 Å². The minimum absolute atomic E-state index is 0.105. The lowest BCUT2D eigenvalue weighted by Crippen LogP contribution is -2.00. The van der Waals surface area contributed by atoms with Crippen molar-refractivity contribution in [1.29, 1.82) is 0 Å². The van der Waals surface area contributed by atoms with Gasteiger partial charge in [0.25, 0.3) is 10.1 Å². The second-order valence-corrected chi connectivity index (χ2v) is 7.00. The summed E-state index contributed by atoms with van der Waals surface area (Å²) in [5, 5.41) is 1.60. The Labute approximate surface area is 141 Å². The average molecular weight is 342 g/mol. The van der Waals surface area contributed by atoms with Crippen molar-refractivity contribution in [3.8, 4) is 5.75 Å². The van der Waals surface area contributed by atoms with Gasteiger partial charge in [0, 0.05) is 0 Å². The number of fused-ring (bicyclic) bond motifs is 1. The van der Waals surface area contributed by atoms with E-state index in [-0.39, 0.29) is 4.90 Å². The molecule has 4 nitrogen and oxygen atoms in total. The minimum Gasteiger partial charge on any atom is -0.494 e. The van der Waals surface area contributed by atoms with Gasteiger partial charge in [-0.3, -0.25) is 4.55 Å². The maximum atomic E-state index is 11.2. The lowest BCUT2D eigenvalue weighted by molar-refractivity contribution is 0.311. The third-order valence-electron chi connectivity index (χ3n) is 3.80. The van der Waals surface area contributed by atoms with Crippen LogP contribution in [0.3, 0.4) is 0 Å². The summed E-state index contributed by atoms with van der Waals surface area (Å²) in [7, 11) is -4.18. The molecule has 0 bridgehead atoms. The highest BCUT2D eigenvalue weighted by atomic mass is 32.2. The van der Waals surface area contributed by atoms with E-state index in [0.717, 1.165) is 29.4 Å². The van der Waals surface area contributed by atoms with Gasteiger partial charge in [-0.25, -0.2) is 0 Å². The summed E-state index contributed by atoms with van der Waals surface area (Å²) in [4.78, 5) is -0.105. The van der Waals surface area contributed by atoms with Crippen LogP contribution in [0.4, 0.5) is 0 Å². The third kappa shape index (κ3) is 4.13. The van der Waals surface area contributed by atoms with Crippen LogP contribution in [-0.4, -0.2) is 19.6 Å². The third-order valence-corrected chi connectivity index (χ3v) is 4.65. The first-order chi connectivity index (χ1) is 11.5. The first kappa shape index (κ1) is 16.5. The SMILES string of the molecule is O=S(=O)(O)c1ccc2cc(OCCCc3ccccc3)ccc2c1. The molecule has 3 aromatic rings. The van der Waals surface area contributed by atoms with E-state index in [1.165, 1.54) is 17.7 Å². The summed E-state index contributed by atoms with van der Waals surface area (Å²) in [5.41, 5.74) is 1.29. The Morgan fingerprint density at radius 2 is 1.58 bits per heavy atom. The minimum atomic E-state index is -4.18. The molecule has 0 aliphatic rings. The Balaban J connectivity index is 1.63. The van der Waals surface area contributed by atoms with E-state index in [4.69, 9.17) is 9.29 Å². The van der Waals surface area contributed by atoms with Crippen LogP contribution in [0.5, 0.6) is 5.75 Å². The van der Waals surface area contributed by atoms with Crippen LogP contribution in [0, 0.1) is 0 Å². The molecule has 124 valence electrons. The molecule has 24 heavy (non-hydrogen) atoms. The number of hydrogen-bond donors (Lipinski definition) is 1. The summed E-state index contributed by atoms with van der Waals surface area (Å²) in [6.07, 6.45) is 1.88. The molecule has 0 fully saturated rings. The summed E-state index contributed by atoms with van der Waals surface area (Å²) >= 11 is 0. The van der Waals surface area contributed by atoms with Crippen LogP contribution in [0.2, 0.25) is 0 Å². The molecule has 0 atom stereocenters. The van der Waals surface area contributed by atoms with E-state index in [0.29, 0.717) is 6.61 Å². The van der Waals surface area contributed by atoms with Gasteiger partial charge in [-0.2, -0.15) is 8.42 Å². The molecular weight excluding hydrogens is 324 g/mol. The highest BCUT2D eigenvalue weighted by Crippen LogP contribution is 2.24.